The molecule has 0 spiro atoms. The summed E-state index contributed by atoms with van der Waals surface area (Å²) in [6.45, 7) is 5.32. The van der Waals surface area contributed by atoms with Crippen molar-refractivity contribution in [2.75, 3.05) is 13.2 Å². The second-order valence-electron chi connectivity index (χ2n) is 7.10. The number of rotatable bonds is 7. The molecule has 1 amide bonds. The molecule has 1 aromatic carbocycles. The summed E-state index contributed by atoms with van der Waals surface area (Å²) in [5.41, 5.74) is 1.53. The minimum absolute atomic E-state index is 0.0601. The summed E-state index contributed by atoms with van der Waals surface area (Å²) >= 11 is 0. The minimum atomic E-state index is -0.893. The van der Waals surface area contributed by atoms with Crippen molar-refractivity contribution in [3.05, 3.63) is 35.4 Å². The van der Waals surface area contributed by atoms with Crippen LogP contribution in [0.1, 0.15) is 44.2 Å². The van der Waals surface area contributed by atoms with Gasteiger partial charge in [0.2, 0.25) is 5.91 Å². The first kappa shape index (κ1) is 18.5. The van der Waals surface area contributed by atoms with Gasteiger partial charge in [-0.25, -0.2) is 0 Å². The molecular weight excluding hydrogens is 306 g/mol. The molecule has 0 unspecified atom stereocenters. The van der Waals surface area contributed by atoms with Crippen LogP contribution in [0.25, 0.3) is 0 Å². The fourth-order valence-corrected chi connectivity index (χ4v) is 3.19. The Morgan fingerprint density at radius 2 is 1.75 bits per heavy atom. The summed E-state index contributed by atoms with van der Waals surface area (Å²) in [5, 5.41) is 12.1. The number of hydrogen-bond acceptors (Lipinski definition) is 3. The number of nitrogens with one attached hydrogen (secondary N) is 1. The van der Waals surface area contributed by atoms with E-state index in [0.29, 0.717) is 32.0 Å². The van der Waals surface area contributed by atoms with Crippen molar-refractivity contribution in [3.8, 4) is 0 Å². The predicted molar refractivity (Wildman–Crippen MR) is 91.9 cm³/mol. The molecule has 132 valence electrons. The number of carboxylic acid groups (broad SMARTS) is 1. The lowest BCUT2D eigenvalue weighted by atomic mass is 9.86. The van der Waals surface area contributed by atoms with Crippen molar-refractivity contribution in [2.45, 2.75) is 51.5 Å². The van der Waals surface area contributed by atoms with Crippen molar-refractivity contribution in [2.24, 2.45) is 5.92 Å². The lowest BCUT2D eigenvalue weighted by Gasteiger charge is -2.36. The van der Waals surface area contributed by atoms with Crippen molar-refractivity contribution < 1.29 is 19.4 Å². The Labute approximate surface area is 143 Å². The van der Waals surface area contributed by atoms with Gasteiger partial charge < -0.3 is 15.2 Å². The summed E-state index contributed by atoms with van der Waals surface area (Å²) in [6, 6.07) is 8.07. The van der Waals surface area contributed by atoms with Crippen LogP contribution in [0.5, 0.6) is 0 Å². The second-order valence-corrected chi connectivity index (χ2v) is 7.10. The van der Waals surface area contributed by atoms with Crippen LogP contribution < -0.4 is 5.32 Å². The van der Waals surface area contributed by atoms with E-state index in [1.165, 1.54) is 5.56 Å². The van der Waals surface area contributed by atoms with E-state index < -0.39 is 11.5 Å². The minimum Gasteiger partial charge on any atom is -0.481 e. The smallest absolute Gasteiger partial charge is 0.305 e. The first-order valence-electron chi connectivity index (χ1n) is 8.57. The summed E-state index contributed by atoms with van der Waals surface area (Å²) in [4.78, 5) is 23.5. The monoisotopic (exact) mass is 333 g/mol. The number of benzene rings is 1. The van der Waals surface area contributed by atoms with Crippen LogP contribution in [0.4, 0.5) is 0 Å². The Kier molecular flexibility index (Phi) is 6.37. The van der Waals surface area contributed by atoms with Crippen LogP contribution in [0, 0.1) is 5.92 Å². The zero-order valence-electron chi connectivity index (χ0n) is 14.5. The molecule has 1 fully saturated rings. The molecule has 0 aromatic heterocycles. The highest BCUT2D eigenvalue weighted by Gasteiger charge is 2.36. The lowest BCUT2D eigenvalue weighted by molar-refractivity contribution is -0.140. The average Bonchev–Trinajstić information content (AvgIpc) is 2.48. The molecule has 0 radical (unpaired) electrons. The molecule has 5 nitrogen and oxygen atoms in total. The Bertz CT molecular complexity index is 559. The second kappa shape index (κ2) is 8.29. The Balaban J connectivity index is 1.96. The van der Waals surface area contributed by atoms with Crippen molar-refractivity contribution in [1.82, 2.24) is 5.32 Å². The van der Waals surface area contributed by atoms with E-state index in [0.717, 1.165) is 12.0 Å². The van der Waals surface area contributed by atoms with Gasteiger partial charge in [0.05, 0.1) is 18.4 Å². The molecule has 0 bridgehead atoms. The van der Waals surface area contributed by atoms with E-state index in [1.54, 1.807) is 0 Å². The summed E-state index contributed by atoms with van der Waals surface area (Å²) in [5.74, 6) is -0.423. The van der Waals surface area contributed by atoms with E-state index in [9.17, 15) is 9.59 Å². The predicted octanol–water partition coefficient (Wildman–Crippen LogP) is 2.57. The third-order valence-corrected chi connectivity index (χ3v) is 4.38. The van der Waals surface area contributed by atoms with Crippen molar-refractivity contribution >= 4 is 11.9 Å². The third kappa shape index (κ3) is 5.64. The first-order valence-corrected chi connectivity index (χ1v) is 8.57. The van der Waals surface area contributed by atoms with Gasteiger partial charge in [-0.3, -0.25) is 9.59 Å². The van der Waals surface area contributed by atoms with Gasteiger partial charge in [-0.15, -0.1) is 0 Å². The maximum absolute atomic E-state index is 12.4. The van der Waals surface area contributed by atoms with Crippen LogP contribution in [0.2, 0.25) is 0 Å². The molecule has 1 aliphatic rings. The van der Waals surface area contributed by atoms with Gasteiger partial charge in [0.1, 0.15) is 0 Å². The quantitative estimate of drug-likeness (QED) is 0.804. The molecule has 1 aromatic rings. The normalized spacial score (nSPS) is 16.8. The number of amides is 1. The molecule has 5 heteroatoms. The van der Waals surface area contributed by atoms with Crippen molar-refractivity contribution in [1.29, 1.82) is 0 Å². The van der Waals surface area contributed by atoms with Crippen LogP contribution in [0.15, 0.2) is 24.3 Å². The van der Waals surface area contributed by atoms with E-state index in [4.69, 9.17) is 9.84 Å². The van der Waals surface area contributed by atoms with Gasteiger partial charge in [-0.05, 0) is 36.3 Å². The molecule has 0 saturated carbocycles. The number of ether oxygens (including phenoxy) is 1. The van der Waals surface area contributed by atoms with Crippen molar-refractivity contribution in [3.63, 3.8) is 0 Å². The van der Waals surface area contributed by atoms with Gasteiger partial charge in [-0.2, -0.15) is 0 Å². The average molecular weight is 333 g/mol. The topological polar surface area (TPSA) is 75.6 Å². The lowest BCUT2D eigenvalue weighted by Crippen LogP contribution is -2.53. The highest BCUT2D eigenvalue weighted by molar-refractivity contribution is 5.80. The Hall–Kier alpha value is -1.88. The van der Waals surface area contributed by atoms with Crippen LogP contribution >= 0.6 is 0 Å². The number of aliphatic carboxylic acids is 1. The number of carbonyl (C=O) groups is 2. The highest BCUT2D eigenvalue weighted by Crippen LogP contribution is 2.25. The van der Waals surface area contributed by atoms with Gasteiger partial charge in [-0.1, -0.05) is 38.1 Å². The molecule has 1 saturated heterocycles. The van der Waals surface area contributed by atoms with Gasteiger partial charge in [0.15, 0.2) is 0 Å². The van der Waals surface area contributed by atoms with Crippen LogP contribution in [0.3, 0.4) is 0 Å². The SMILES string of the molecule is CC(C)Cc1ccc(CC(=O)NC2(CC(=O)O)CCOCC2)cc1. The molecule has 1 heterocycles. The fourth-order valence-electron chi connectivity index (χ4n) is 3.19. The van der Waals surface area contributed by atoms with E-state index in [2.05, 4.69) is 31.3 Å². The fraction of sp³-hybridized carbons (Fsp3) is 0.579. The number of hydrogen-bond donors (Lipinski definition) is 2. The van der Waals surface area contributed by atoms with E-state index >= 15 is 0 Å². The number of carboxylic acids is 1. The molecule has 0 aliphatic carbocycles. The molecular formula is C19H27NO4. The zero-order valence-corrected chi connectivity index (χ0v) is 14.5. The first-order chi connectivity index (χ1) is 11.4. The maximum Gasteiger partial charge on any atom is 0.305 e. The largest absolute Gasteiger partial charge is 0.481 e. The summed E-state index contributed by atoms with van der Waals surface area (Å²) in [7, 11) is 0. The zero-order chi connectivity index (χ0) is 17.6. The molecule has 0 atom stereocenters. The standard InChI is InChI=1S/C19H27NO4/c1-14(2)11-15-3-5-16(6-4-15)12-17(21)20-19(13-18(22)23)7-9-24-10-8-19/h3-6,14H,7-13H2,1-2H3,(H,20,21)(H,22,23). The molecule has 2 rings (SSSR count). The van der Waals surface area contributed by atoms with Gasteiger partial charge >= 0.3 is 5.97 Å². The van der Waals surface area contributed by atoms with E-state index in [1.807, 2.05) is 12.1 Å². The highest BCUT2D eigenvalue weighted by atomic mass is 16.5. The Morgan fingerprint density at radius 1 is 1.17 bits per heavy atom. The van der Waals surface area contributed by atoms with Crippen LogP contribution in [-0.2, 0) is 27.2 Å². The van der Waals surface area contributed by atoms with E-state index in [-0.39, 0.29) is 18.7 Å². The summed E-state index contributed by atoms with van der Waals surface area (Å²) in [6.07, 6.45) is 2.31. The summed E-state index contributed by atoms with van der Waals surface area (Å²) < 4.78 is 5.31. The van der Waals surface area contributed by atoms with Crippen LogP contribution in [-0.4, -0.2) is 35.7 Å². The van der Waals surface area contributed by atoms with Gasteiger partial charge in [0.25, 0.3) is 0 Å². The molecule has 1 aliphatic heterocycles. The van der Waals surface area contributed by atoms with Gasteiger partial charge in [0, 0.05) is 13.2 Å². The molecule has 24 heavy (non-hydrogen) atoms. The molecule has 2 N–H and O–H groups in total. The maximum atomic E-state index is 12.4. The Morgan fingerprint density at radius 3 is 2.29 bits per heavy atom. The third-order valence-electron chi connectivity index (χ3n) is 4.38. The number of carbonyl (C=O) groups excluding carboxylic acids is 1.